The number of hydrogen-bond donors (Lipinski definition) is 2. The topological polar surface area (TPSA) is 114 Å². The zero-order valence-corrected chi connectivity index (χ0v) is 18.2. The number of para-hydroxylation sites is 1. The molecule has 33 heavy (non-hydrogen) atoms. The lowest BCUT2D eigenvalue weighted by Gasteiger charge is -2.32. The highest BCUT2D eigenvalue weighted by Gasteiger charge is 2.42. The molecule has 0 radical (unpaired) electrons. The van der Waals surface area contributed by atoms with Gasteiger partial charge in [-0.1, -0.05) is 42.0 Å². The number of rotatable bonds is 6. The number of benzene rings is 2. The van der Waals surface area contributed by atoms with E-state index in [9.17, 15) is 19.2 Å². The smallest absolute Gasteiger partial charge is 0.340 e. The Hall–Kier alpha value is -4.14. The molecule has 0 bridgehead atoms. The lowest BCUT2D eigenvalue weighted by atomic mass is 9.95. The molecule has 0 unspecified atom stereocenters. The van der Waals surface area contributed by atoms with Crippen molar-refractivity contribution in [3.05, 3.63) is 76.5 Å². The molecule has 0 fully saturated rings. The zero-order valence-electron chi connectivity index (χ0n) is 18.2. The highest BCUT2D eigenvalue weighted by Crippen LogP contribution is 2.35. The summed E-state index contributed by atoms with van der Waals surface area (Å²) in [6, 6.07) is 12.7. The lowest BCUT2D eigenvalue weighted by molar-refractivity contribution is -0.136. The van der Waals surface area contributed by atoms with Crippen molar-refractivity contribution in [1.29, 1.82) is 0 Å². The number of anilines is 1. The third-order valence-corrected chi connectivity index (χ3v) is 5.41. The summed E-state index contributed by atoms with van der Waals surface area (Å²) in [7, 11) is 0. The number of nitrogens with one attached hydrogen (secondary N) is 2. The van der Waals surface area contributed by atoms with Crippen LogP contribution in [0.1, 0.15) is 34.5 Å². The first-order valence-corrected chi connectivity index (χ1v) is 10.5. The van der Waals surface area contributed by atoms with E-state index < -0.39 is 29.9 Å². The summed E-state index contributed by atoms with van der Waals surface area (Å²) in [6.07, 6.45) is 0. The first kappa shape index (κ1) is 22.1. The number of ether oxygens (including phenoxy) is 2. The van der Waals surface area contributed by atoms with E-state index in [0.29, 0.717) is 11.3 Å². The summed E-state index contributed by atoms with van der Waals surface area (Å²) in [5.74, 6) is -1.64. The van der Waals surface area contributed by atoms with Crippen LogP contribution in [0.4, 0.5) is 10.5 Å². The van der Waals surface area contributed by atoms with Crippen LogP contribution in [-0.4, -0.2) is 48.5 Å². The molecule has 170 valence electrons. The molecule has 1 atom stereocenters. The number of carbonyl (C=O) groups excluding carboxylic acids is 4. The Labute approximate surface area is 190 Å². The van der Waals surface area contributed by atoms with Gasteiger partial charge < -0.3 is 20.1 Å². The number of aryl methyl sites for hydroxylation is 1. The van der Waals surface area contributed by atoms with Crippen molar-refractivity contribution in [3.63, 3.8) is 0 Å². The molecule has 2 aromatic carbocycles. The summed E-state index contributed by atoms with van der Waals surface area (Å²) in [5.41, 5.74) is 2.91. The number of hydrogen-bond acceptors (Lipinski definition) is 6. The number of nitrogens with zero attached hydrogens (tertiary/aromatic N) is 1. The molecular formula is C24H23N3O6. The SMILES string of the molecule is CCOC(=O)c1ccccc1NC(=O)CN1C(=O)N[C@@H](c2ccc(C)cc2)C2=C1COC2=O. The molecule has 4 rings (SSSR count). The molecule has 3 amide bonds. The minimum Gasteiger partial charge on any atom is -0.462 e. The van der Waals surface area contributed by atoms with Crippen molar-refractivity contribution in [2.45, 2.75) is 19.9 Å². The van der Waals surface area contributed by atoms with Gasteiger partial charge in [0.15, 0.2) is 0 Å². The Kier molecular flexibility index (Phi) is 6.12. The van der Waals surface area contributed by atoms with Crippen LogP contribution in [-0.2, 0) is 19.1 Å². The van der Waals surface area contributed by atoms with Gasteiger partial charge >= 0.3 is 18.0 Å². The number of cyclic esters (lactones) is 1. The maximum absolute atomic E-state index is 12.9. The maximum atomic E-state index is 12.9. The number of urea groups is 1. The van der Waals surface area contributed by atoms with Gasteiger partial charge in [0.1, 0.15) is 13.2 Å². The molecule has 0 spiro atoms. The van der Waals surface area contributed by atoms with Crippen molar-refractivity contribution in [2.75, 3.05) is 25.1 Å². The van der Waals surface area contributed by atoms with Crippen molar-refractivity contribution in [1.82, 2.24) is 10.2 Å². The van der Waals surface area contributed by atoms with Gasteiger partial charge in [-0.15, -0.1) is 0 Å². The summed E-state index contributed by atoms with van der Waals surface area (Å²) >= 11 is 0. The molecule has 2 N–H and O–H groups in total. The third-order valence-electron chi connectivity index (χ3n) is 5.41. The molecule has 0 aromatic heterocycles. The first-order chi connectivity index (χ1) is 15.9. The monoisotopic (exact) mass is 449 g/mol. The predicted molar refractivity (Wildman–Crippen MR) is 118 cm³/mol. The molecule has 0 saturated carbocycles. The van der Waals surface area contributed by atoms with Crippen LogP contribution in [0.15, 0.2) is 59.8 Å². The van der Waals surface area contributed by atoms with Crippen LogP contribution in [0.3, 0.4) is 0 Å². The quantitative estimate of drug-likeness (QED) is 0.656. The van der Waals surface area contributed by atoms with Crippen molar-refractivity contribution >= 4 is 29.6 Å². The number of esters is 2. The Balaban J connectivity index is 1.57. The fourth-order valence-electron chi connectivity index (χ4n) is 3.80. The first-order valence-electron chi connectivity index (χ1n) is 10.5. The minimum atomic E-state index is -0.660. The van der Waals surface area contributed by atoms with Crippen LogP contribution in [0.25, 0.3) is 0 Å². The fraction of sp³-hybridized carbons (Fsp3) is 0.250. The molecule has 9 heteroatoms. The van der Waals surface area contributed by atoms with Gasteiger partial charge in [0.25, 0.3) is 0 Å². The highest BCUT2D eigenvalue weighted by atomic mass is 16.5. The average molecular weight is 449 g/mol. The van der Waals surface area contributed by atoms with E-state index in [1.807, 2.05) is 31.2 Å². The maximum Gasteiger partial charge on any atom is 0.340 e. The van der Waals surface area contributed by atoms with Crippen molar-refractivity contribution in [3.8, 4) is 0 Å². The Morgan fingerprint density at radius 2 is 1.88 bits per heavy atom. The van der Waals surface area contributed by atoms with Gasteiger partial charge in [-0.25, -0.2) is 14.4 Å². The van der Waals surface area contributed by atoms with Gasteiger partial charge in [-0.3, -0.25) is 9.69 Å². The molecule has 2 aliphatic heterocycles. The van der Waals surface area contributed by atoms with Gasteiger partial charge in [-0.2, -0.15) is 0 Å². The summed E-state index contributed by atoms with van der Waals surface area (Å²) < 4.78 is 10.2. The average Bonchev–Trinajstić information content (AvgIpc) is 3.18. The van der Waals surface area contributed by atoms with Crippen LogP contribution < -0.4 is 10.6 Å². The van der Waals surface area contributed by atoms with Crippen LogP contribution >= 0.6 is 0 Å². The Morgan fingerprint density at radius 3 is 2.61 bits per heavy atom. The second-order valence-corrected chi connectivity index (χ2v) is 7.63. The third kappa shape index (κ3) is 4.43. The minimum absolute atomic E-state index is 0.101. The van der Waals surface area contributed by atoms with Crippen LogP contribution in [0.2, 0.25) is 0 Å². The molecule has 0 aliphatic carbocycles. The normalized spacial score (nSPS) is 17.3. The van der Waals surface area contributed by atoms with E-state index in [1.54, 1.807) is 25.1 Å². The van der Waals surface area contributed by atoms with E-state index >= 15 is 0 Å². The van der Waals surface area contributed by atoms with Gasteiger partial charge in [0, 0.05) is 0 Å². The van der Waals surface area contributed by atoms with E-state index in [4.69, 9.17) is 9.47 Å². The molecule has 2 heterocycles. The van der Waals surface area contributed by atoms with Gasteiger partial charge in [0.05, 0.1) is 35.2 Å². The molecular weight excluding hydrogens is 426 g/mol. The second-order valence-electron chi connectivity index (χ2n) is 7.63. The van der Waals surface area contributed by atoms with Gasteiger partial charge in [-0.05, 0) is 31.5 Å². The van der Waals surface area contributed by atoms with E-state index in [2.05, 4.69) is 10.6 Å². The highest BCUT2D eigenvalue weighted by molar-refractivity contribution is 6.03. The lowest BCUT2D eigenvalue weighted by Crippen LogP contribution is -2.49. The van der Waals surface area contributed by atoms with Crippen molar-refractivity contribution < 1.29 is 28.7 Å². The van der Waals surface area contributed by atoms with Crippen LogP contribution in [0, 0.1) is 6.92 Å². The fourth-order valence-corrected chi connectivity index (χ4v) is 3.80. The predicted octanol–water partition coefficient (Wildman–Crippen LogP) is 2.69. The number of amides is 3. The van der Waals surface area contributed by atoms with E-state index in [-0.39, 0.29) is 31.0 Å². The Bertz CT molecular complexity index is 1160. The summed E-state index contributed by atoms with van der Waals surface area (Å²) in [5, 5.41) is 5.44. The molecule has 0 saturated heterocycles. The molecule has 9 nitrogen and oxygen atoms in total. The second kappa shape index (κ2) is 9.15. The molecule has 2 aromatic rings. The Morgan fingerprint density at radius 1 is 1.15 bits per heavy atom. The van der Waals surface area contributed by atoms with Crippen LogP contribution in [0.5, 0.6) is 0 Å². The van der Waals surface area contributed by atoms with E-state index in [1.165, 1.54) is 11.0 Å². The summed E-state index contributed by atoms with van der Waals surface area (Å²) in [6.45, 7) is 3.37. The van der Waals surface area contributed by atoms with Crippen molar-refractivity contribution in [2.24, 2.45) is 0 Å². The molecule has 2 aliphatic rings. The standard InChI is InChI=1S/C24H23N3O6/c1-3-32-22(29)16-6-4-5-7-17(16)25-19(28)12-27-18-13-33-23(30)20(18)21(26-24(27)31)15-10-8-14(2)9-11-15/h4-11,21H,3,12-13H2,1-2H3,(H,25,28)(H,26,31)/t21-/m0/s1. The largest absolute Gasteiger partial charge is 0.462 e. The van der Waals surface area contributed by atoms with E-state index in [0.717, 1.165) is 11.1 Å². The number of carbonyl (C=O) groups is 4. The zero-order chi connectivity index (χ0) is 23.5. The summed E-state index contributed by atoms with van der Waals surface area (Å²) in [4.78, 5) is 51.5. The van der Waals surface area contributed by atoms with Gasteiger partial charge in [0.2, 0.25) is 5.91 Å².